The molecule has 1 heterocycles. The first kappa shape index (κ1) is 13.6. The molecule has 0 aliphatic rings. The largest absolute Gasteiger partial charge is 0.497 e. The zero-order valence-electron chi connectivity index (χ0n) is 11.2. The van der Waals surface area contributed by atoms with Crippen molar-refractivity contribution in [3.63, 3.8) is 0 Å². The minimum absolute atomic E-state index is 0.0547. The Hall–Kier alpha value is -2.38. The quantitative estimate of drug-likeness (QED) is 0.772. The summed E-state index contributed by atoms with van der Waals surface area (Å²) in [4.78, 5) is 0.0547. The topological polar surface area (TPSA) is 98.1 Å². The number of sulfonamides is 1. The maximum absolute atomic E-state index is 11.4. The first-order valence-electron chi connectivity index (χ1n) is 6.14. The van der Waals surface area contributed by atoms with E-state index in [1.165, 1.54) is 12.1 Å². The molecule has 3 N–H and O–H groups in total. The highest BCUT2D eigenvalue weighted by Gasteiger charge is 2.13. The molecule has 0 saturated carbocycles. The fourth-order valence-electron chi connectivity index (χ4n) is 2.16. The van der Waals surface area contributed by atoms with E-state index >= 15 is 0 Å². The number of H-pyrrole nitrogens is 1. The van der Waals surface area contributed by atoms with Crippen molar-refractivity contribution < 1.29 is 13.2 Å². The van der Waals surface area contributed by atoms with Crippen LogP contribution in [0.4, 0.5) is 0 Å². The number of nitrogens with two attached hydrogens (primary N) is 1. The third-order valence-corrected chi connectivity index (χ3v) is 4.12. The van der Waals surface area contributed by atoms with Gasteiger partial charge >= 0.3 is 0 Å². The number of aromatic nitrogens is 2. The number of nitrogens with one attached hydrogen (secondary N) is 1. The summed E-state index contributed by atoms with van der Waals surface area (Å²) in [5.41, 5.74) is 2.15. The van der Waals surface area contributed by atoms with Gasteiger partial charge < -0.3 is 4.74 Å². The molecule has 108 valence electrons. The number of primary sulfonamides is 1. The van der Waals surface area contributed by atoms with Gasteiger partial charge in [-0.15, -0.1) is 0 Å². The molecule has 0 aliphatic heterocycles. The molecule has 1 aromatic heterocycles. The van der Waals surface area contributed by atoms with Crippen molar-refractivity contribution in [3.8, 4) is 17.0 Å². The van der Waals surface area contributed by atoms with Gasteiger partial charge in [0.25, 0.3) is 0 Å². The average Bonchev–Trinajstić information content (AvgIpc) is 2.89. The molecule has 3 rings (SSSR count). The lowest BCUT2D eigenvalue weighted by atomic mass is 10.1. The zero-order chi connectivity index (χ0) is 15.0. The molecule has 0 fully saturated rings. The molecule has 21 heavy (non-hydrogen) atoms. The van der Waals surface area contributed by atoms with Crippen LogP contribution in [0.1, 0.15) is 0 Å². The number of fused-ring (bicyclic) bond motifs is 1. The highest BCUT2D eigenvalue weighted by Crippen LogP contribution is 2.30. The summed E-state index contributed by atoms with van der Waals surface area (Å²) in [6, 6.07) is 11.9. The monoisotopic (exact) mass is 303 g/mol. The Balaban J connectivity index is 2.21. The van der Waals surface area contributed by atoms with Gasteiger partial charge in [0.05, 0.1) is 17.5 Å². The van der Waals surface area contributed by atoms with Gasteiger partial charge in [0.2, 0.25) is 10.0 Å². The van der Waals surface area contributed by atoms with Crippen molar-refractivity contribution in [3.05, 3.63) is 42.5 Å². The molecular weight excluding hydrogens is 290 g/mol. The number of rotatable bonds is 3. The molecular formula is C14H13N3O3S. The standard InChI is InChI=1S/C14H13N3O3S/c1-20-10-5-6-13-12(8-10)14(17-16-13)9-3-2-4-11(7-9)21(15,18)19/h2-8H,1H3,(H,16,17)(H2,15,18,19). The normalized spacial score (nSPS) is 11.7. The van der Waals surface area contributed by atoms with Gasteiger partial charge in [0.15, 0.2) is 0 Å². The van der Waals surface area contributed by atoms with Crippen molar-refractivity contribution in [2.24, 2.45) is 5.14 Å². The van der Waals surface area contributed by atoms with Gasteiger partial charge in [-0.05, 0) is 30.3 Å². The van der Waals surface area contributed by atoms with E-state index in [9.17, 15) is 8.42 Å². The highest BCUT2D eigenvalue weighted by atomic mass is 32.2. The molecule has 0 bridgehead atoms. The summed E-state index contributed by atoms with van der Waals surface area (Å²) in [6.07, 6.45) is 0. The number of hydrogen-bond donors (Lipinski definition) is 2. The van der Waals surface area contributed by atoms with Crippen LogP contribution in [-0.2, 0) is 10.0 Å². The summed E-state index contributed by atoms with van der Waals surface area (Å²) >= 11 is 0. The fourth-order valence-corrected chi connectivity index (χ4v) is 2.72. The van der Waals surface area contributed by atoms with E-state index in [4.69, 9.17) is 9.88 Å². The van der Waals surface area contributed by atoms with E-state index in [1.807, 2.05) is 18.2 Å². The van der Waals surface area contributed by atoms with Crippen LogP contribution in [0.15, 0.2) is 47.4 Å². The van der Waals surface area contributed by atoms with E-state index in [-0.39, 0.29) is 4.90 Å². The highest BCUT2D eigenvalue weighted by molar-refractivity contribution is 7.89. The van der Waals surface area contributed by atoms with Crippen molar-refractivity contribution in [2.45, 2.75) is 4.90 Å². The molecule has 0 aliphatic carbocycles. The molecule has 2 aromatic carbocycles. The predicted molar refractivity (Wildman–Crippen MR) is 79.5 cm³/mol. The number of aromatic amines is 1. The smallest absolute Gasteiger partial charge is 0.238 e. The minimum atomic E-state index is -3.75. The van der Waals surface area contributed by atoms with Crippen molar-refractivity contribution >= 4 is 20.9 Å². The molecule has 0 saturated heterocycles. The third-order valence-electron chi connectivity index (χ3n) is 3.21. The molecule has 0 spiro atoms. The van der Waals surface area contributed by atoms with Crippen molar-refractivity contribution in [1.82, 2.24) is 10.2 Å². The lowest BCUT2D eigenvalue weighted by Gasteiger charge is -2.03. The Morgan fingerprint density at radius 1 is 1.19 bits per heavy atom. The number of benzene rings is 2. The van der Waals surface area contributed by atoms with E-state index in [0.29, 0.717) is 17.0 Å². The second-order valence-corrected chi connectivity index (χ2v) is 6.12. The van der Waals surface area contributed by atoms with Gasteiger partial charge in [0, 0.05) is 10.9 Å². The van der Waals surface area contributed by atoms with Crippen LogP contribution >= 0.6 is 0 Å². The van der Waals surface area contributed by atoms with E-state index in [0.717, 1.165) is 10.9 Å². The molecule has 0 amide bonds. The van der Waals surface area contributed by atoms with Crippen molar-refractivity contribution in [2.75, 3.05) is 7.11 Å². The van der Waals surface area contributed by atoms with Crippen LogP contribution < -0.4 is 9.88 Å². The van der Waals surface area contributed by atoms with E-state index < -0.39 is 10.0 Å². The number of methoxy groups -OCH3 is 1. The second kappa shape index (κ2) is 4.87. The average molecular weight is 303 g/mol. The van der Waals surface area contributed by atoms with Gasteiger partial charge in [-0.25, -0.2) is 13.6 Å². The Morgan fingerprint density at radius 3 is 2.71 bits per heavy atom. The first-order valence-corrected chi connectivity index (χ1v) is 7.69. The molecule has 0 radical (unpaired) electrons. The SMILES string of the molecule is COc1ccc2[nH]nc(-c3cccc(S(N)(=O)=O)c3)c2c1. The van der Waals surface area contributed by atoms with Crippen LogP contribution in [0.5, 0.6) is 5.75 Å². The van der Waals surface area contributed by atoms with Crippen LogP contribution in [0.2, 0.25) is 0 Å². The van der Waals surface area contributed by atoms with Gasteiger partial charge in [0.1, 0.15) is 11.4 Å². The first-order chi connectivity index (χ1) is 9.99. The fraction of sp³-hybridized carbons (Fsp3) is 0.0714. The number of ether oxygens (including phenoxy) is 1. The van der Waals surface area contributed by atoms with Crippen LogP contribution in [0.25, 0.3) is 22.2 Å². The van der Waals surface area contributed by atoms with Crippen LogP contribution in [0.3, 0.4) is 0 Å². The summed E-state index contributed by atoms with van der Waals surface area (Å²) in [7, 11) is -2.16. The van der Waals surface area contributed by atoms with Crippen LogP contribution in [-0.4, -0.2) is 25.7 Å². The van der Waals surface area contributed by atoms with E-state index in [2.05, 4.69) is 10.2 Å². The van der Waals surface area contributed by atoms with Gasteiger partial charge in [-0.2, -0.15) is 5.10 Å². The summed E-state index contributed by atoms with van der Waals surface area (Å²) in [6.45, 7) is 0. The number of nitrogens with zero attached hydrogens (tertiary/aromatic N) is 1. The maximum atomic E-state index is 11.4. The lowest BCUT2D eigenvalue weighted by Crippen LogP contribution is -2.11. The van der Waals surface area contributed by atoms with Crippen molar-refractivity contribution in [1.29, 1.82) is 0 Å². The number of hydrogen-bond acceptors (Lipinski definition) is 4. The predicted octanol–water partition coefficient (Wildman–Crippen LogP) is 1.89. The van der Waals surface area contributed by atoms with E-state index in [1.54, 1.807) is 19.2 Å². The molecule has 0 atom stereocenters. The molecule has 3 aromatic rings. The van der Waals surface area contributed by atoms with Gasteiger partial charge in [-0.1, -0.05) is 12.1 Å². The van der Waals surface area contributed by atoms with Gasteiger partial charge in [-0.3, -0.25) is 5.10 Å². The molecule has 7 heteroatoms. The zero-order valence-corrected chi connectivity index (χ0v) is 12.0. The second-order valence-electron chi connectivity index (χ2n) is 4.56. The lowest BCUT2D eigenvalue weighted by molar-refractivity contribution is 0.415. The molecule has 6 nitrogen and oxygen atoms in total. The summed E-state index contributed by atoms with van der Waals surface area (Å²) in [5, 5.41) is 13.2. The Morgan fingerprint density at radius 2 is 2.00 bits per heavy atom. The Labute approximate surface area is 121 Å². The third kappa shape index (κ3) is 2.48. The summed E-state index contributed by atoms with van der Waals surface area (Å²) < 4.78 is 28.1. The minimum Gasteiger partial charge on any atom is -0.497 e. The maximum Gasteiger partial charge on any atom is 0.238 e. The summed E-state index contributed by atoms with van der Waals surface area (Å²) in [5.74, 6) is 0.702. The molecule has 0 unspecified atom stereocenters. The Bertz CT molecular complexity index is 916. The Kier molecular flexibility index (Phi) is 3.15. The van der Waals surface area contributed by atoms with Crippen LogP contribution in [0, 0.1) is 0 Å².